The molecular weight excluding hydrogens is 212 g/mol. The van der Waals surface area contributed by atoms with Gasteiger partial charge in [-0.25, -0.2) is 0 Å². The van der Waals surface area contributed by atoms with Crippen LogP contribution in [0.25, 0.3) is 0 Å². The summed E-state index contributed by atoms with van der Waals surface area (Å²) in [6.07, 6.45) is 9.75. The van der Waals surface area contributed by atoms with Crippen LogP contribution >= 0.6 is 0 Å². The lowest BCUT2D eigenvalue weighted by Gasteiger charge is -2.20. The van der Waals surface area contributed by atoms with Crippen LogP contribution in [0, 0.1) is 5.92 Å². The molecule has 0 saturated heterocycles. The molecule has 0 aromatic rings. The van der Waals surface area contributed by atoms with E-state index in [2.05, 4.69) is 19.4 Å². The third-order valence-electron chi connectivity index (χ3n) is 3.68. The minimum atomic E-state index is 0.254. The molecule has 0 radical (unpaired) electrons. The first-order valence-corrected chi connectivity index (χ1v) is 7.24. The van der Waals surface area contributed by atoms with Crippen LogP contribution in [0.15, 0.2) is 0 Å². The summed E-state index contributed by atoms with van der Waals surface area (Å²) in [5, 5.41) is 3.03. The number of carbonyl (C=O) groups is 1. The highest BCUT2D eigenvalue weighted by Gasteiger charge is 2.14. The number of nitrogens with one attached hydrogen (secondary N) is 2. The molecule has 0 atom stereocenters. The standard InChI is InChI=1S/C14H28N2O/c1-16(2)12-6-11-15-14(17)10-9-13-7-4-3-5-8-13/h13H,3-12H2,1-2H3,(H,15,17)/p+1. The molecule has 0 aromatic heterocycles. The van der Waals surface area contributed by atoms with Gasteiger partial charge in [0, 0.05) is 19.4 Å². The topological polar surface area (TPSA) is 33.5 Å². The summed E-state index contributed by atoms with van der Waals surface area (Å²) in [5.74, 6) is 1.07. The first-order chi connectivity index (χ1) is 8.18. The van der Waals surface area contributed by atoms with Gasteiger partial charge < -0.3 is 10.2 Å². The molecule has 1 rings (SSSR count). The molecule has 2 N–H and O–H groups in total. The highest BCUT2D eigenvalue weighted by Crippen LogP contribution is 2.27. The van der Waals surface area contributed by atoms with Crippen molar-refractivity contribution in [3.63, 3.8) is 0 Å². The number of carbonyl (C=O) groups excluding carboxylic acids is 1. The Morgan fingerprint density at radius 3 is 2.59 bits per heavy atom. The Balaban J connectivity index is 1.96. The smallest absolute Gasteiger partial charge is 0.220 e. The minimum Gasteiger partial charge on any atom is -0.356 e. The first kappa shape index (κ1) is 14.5. The molecule has 0 heterocycles. The van der Waals surface area contributed by atoms with Crippen LogP contribution in [0.2, 0.25) is 0 Å². The second kappa shape index (κ2) is 8.51. The van der Waals surface area contributed by atoms with Crippen LogP contribution in [0.4, 0.5) is 0 Å². The van der Waals surface area contributed by atoms with Crippen LogP contribution in [0.5, 0.6) is 0 Å². The molecule has 1 amide bonds. The van der Waals surface area contributed by atoms with Crippen molar-refractivity contribution in [3.8, 4) is 0 Å². The quantitative estimate of drug-likeness (QED) is 0.641. The van der Waals surface area contributed by atoms with Gasteiger partial charge in [0.05, 0.1) is 20.6 Å². The van der Waals surface area contributed by atoms with Gasteiger partial charge >= 0.3 is 0 Å². The van der Waals surface area contributed by atoms with Crippen LogP contribution in [0.3, 0.4) is 0 Å². The van der Waals surface area contributed by atoms with E-state index in [9.17, 15) is 4.79 Å². The molecule has 0 aromatic carbocycles. The predicted octanol–water partition coefficient (Wildman–Crippen LogP) is 0.998. The maximum Gasteiger partial charge on any atom is 0.220 e. The summed E-state index contributed by atoms with van der Waals surface area (Å²) in [4.78, 5) is 13.1. The van der Waals surface area contributed by atoms with Crippen molar-refractivity contribution >= 4 is 5.91 Å². The van der Waals surface area contributed by atoms with E-state index in [-0.39, 0.29) is 5.91 Å². The van der Waals surface area contributed by atoms with E-state index in [1.807, 2.05) is 0 Å². The van der Waals surface area contributed by atoms with E-state index >= 15 is 0 Å². The molecule has 3 heteroatoms. The summed E-state index contributed by atoms with van der Waals surface area (Å²) < 4.78 is 0. The van der Waals surface area contributed by atoms with Gasteiger partial charge in [0.1, 0.15) is 0 Å². The average molecular weight is 241 g/mol. The number of hydrogen-bond donors (Lipinski definition) is 2. The van der Waals surface area contributed by atoms with Crippen molar-refractivity contribution in [1.82, 2.24) is 5.32 Å². The molecule has 100 valence electrons. The van der Waals surface area contributed by atoms with Crippen molar-refractivity contribution < 1.29 is 9.69 Å². The van der Waals surface area contributed by atoms with Crippen LogP contribution in [-0.4, -0.2) is 33.1 Å². The number of quaternary nitrogens is 1. The Kier molecular flexibility index (Phi) is 7.25. The summed E-state index contributed by atoms with van der Waals surface area (Å²) in [5.41, 5.74) is 0. The third kappa shape index (κ3) is 7.37. The van der Waals surface area contributed by atoms with Gasteiger partial charge in [0.25, 0.3) is 0 Å². The van der Waals surface area contributed by atoms with Gasteiger partial charge in [-0.15, -0.1) is 0 Å². The van der Waals surface area contributed by atoms with E-state index in [0.29, 0.717) is 0 Å². The second-order valence-corrected chi connectivity index (χ2v) is 5.70. The van der Waals surface area contributed by atoms with Gasteiger partial charge in [-0.3, -0.25) is 4.79 Å². The van der Waals surface area contributed by atoms with E-state index in [4.69, 9.17) is 0 Å². The average Bonchev–Trinajstić information content (AvgIpc) is 2.33. The zero-order chi connectivity index (χ0) is 12.5. The minimum absolute atomic E-state index is 0.254. The largest absolute Gasteiger partial charge is 0.356 e. The molecule has 1 saturated carbocycles. The van der Waals surface area contributed by atoms with Gasteiger partial charge in [-0.2, -0.15) is 0 Å². The monoisotopic (exact) mass is 241 g/mol. The molecule has 0 bridgehead atoms. The fourth-order valence-electron chi connectivity index (χ4n) is 2.57. The fourth-order valence-corrected chi connectivity index (χ4v) is 2.57. The normalized spacial score (nSPS) is 17.4. The zero-order valence-corrected chi connectivity index (χ0v) is 11.6. The molecule has 0 aliphatic heterocycles. The molecule has 1 aliphatic rings. The van der Waals surface area contributed by atoms with Crippen LogP contribution < -0.4 is 10.2 Å². The van der Waals surface area contributed by atoms with Crippen molar-refractivity contribution in [2.24, 2.45) is 5.92 Å². The summed E-state index contributed by atoms with van der Waals surface area (Å²) in [7, 11) is 4.29. The highest BCUT2D eigenvalue weighted by atomic mass is 16.1. The molecule has 1 fully saturated rings. The summed E-state index contributed by atoms with van der Waals surface area (Å²) >= 11 is 0. The summed E-state index contributed by atoms with van der Waals surface area (Å²) in [6.45, 7) is 1.97. The van der Waals surface area contributed by atoms with Crippen molar-refractivity contribution in [3.05, 3.63) is 0 Å². The molecule has 0 spiro atoms. The van der Waals surface area contributed by atoms with E-state index in [1.165, 1.54) is 37.0 Å². The molecular formula is C14H29N2O+. The lowest BCUT2D eigenvalue weighted by molar-refractivity contribution is -0.858. The van der Waals surface area contributed by atoms with Crippen LogP contribution in [-0.2, 0) is 4.79 Å². The van der Waals surface area contributed by atoms with E-state index in [0.717, 1.165) is 38.3 Å². The maximum absolute atomic E-state index is 11.6. The van der Waals surface area contributed by atoms with Crippen LogP contribution in [0.1, 0.15) is 51.4 Å². The van der Waals surface area contributed by atoms with Gasteiger partial charge in [0.15, 0.2) is 0 Å². The van der Waals surface area contributed by atoms with E-state index < -0.39 is 0 Å². The predicted molar refractivity (Wildman–Crippen MR) is 71.1 cm³/mol. The van der Waals surface area contributed by atoms with Crippen molar-refractivity contribution in [1.29, 1.82) is 0 Å². The summed E-state index contributed by atoms with van der Waals surface area (Å²) in [6, 6.07) is 0. The molecule has 17 heavy (non-hydrogen) atoms. The number of hydrogen-bond acceptors (Lipinski definition) is 1. The molecule has 0 unspecified atom stereocenters. The lowest BCUT2D eigenvalue weighted by atomic mass is 9.86. The van der Waals surface area contributed by atoms with E-state index in [1.54, 1.807) is 0 Å². The van der Waals surface area contributed by atoms with Gasteiger partial charge in [-0.1, -0.05) is 32.1 Å². The Labute approximate surface area is 106 Å². The van der Waals surface area contributed by atoms with Gasteiger partial charge in [0.2, 0.25) is 5.91 Å². The fraction of sp³-hybridized carbons (Fsp3) is 0.929. The lowest BCUT2D eigenvalue weighted by Crippen LogP contribution is -3.05. The SMILES string of the molecule is C[NH+](C)CCCNC(=O)CCC1CCCCC1. The zero-order valence-electron chi connectivity index (χ0n) is 11.6. The maximum atomic E-state index is 11.6. The Hall–Kier alpha value is -0.570. The Morgan fingerprint density at radius 2 is 1.94 bits per heavy atom. The molecule has 3 nitrogen and oxygen atoms in total. The Morgan fingerprint density at radius 1 is 1.24 bits per heavy atom. The molecule has 1 aliphatic carbocycles. The highest BCUT2D eigenvalue weighted by molar-refractivity contribution is 5.75. The second-order valence-electron chi connectivity index (χ2n) is 5.70. The number of amides is 1. The first-order valence-electron chi connectivity index (χ1n) is 7.24. The third-order valence-corrected chi connectivity index (χ3v) is 3.68. The van der Waals surface area contributed by atoms with Crippen molar-refractivity contribution in [2.75, 3.05) is 27.2 Å². The number of rotatable bonds is 7. The van der Waals surface area contributed by atoms with Crippen molar-refractivity contribution in [2.45, 2.75) is 51.4 Å². The van der Waals surface area contributed by atoms with Gasteiger partial charge in [-0.05, 0) is 12.3 Å². The Bertz CT molecular complexity index is 210.